The fourth-order valence-corrected chi connectivity index (χ4v) is 2.69. The number of ether oxygens (including phenoxy) is 2. The number of morpholine rings is 1. The van der Waals surface area contributed by atoms with E-state index in [2.05, 4.69) is 5.32 Å². The normalized spacial score (nSPS) is 22.6. The molecule has 2 amide bonds. The van der Waals surface area contributed by atoms with Crippen molar-refractivity contribution in [2.24, 2.45) is 0 Å². The second-order valence-electron chi connectivity index (χ2n) is 5.70. The molecule has 1 N–H and O–H groups in total. The number of amides is 2. The SMILES string of the molecule is CCCOC(=O)CC1C(=O)NCCN1CC(=O)N1CCOCC1. The molecule has 2 rings (SSSR count). The molecular formula is C15H25N3O5. The van der Waals surface area contributed by atoms with E-state index in [1.54, 1.807) is 9.80 Å². The molecule has 2 saturated heterocycles. The molecule has 8 nitrogen and oxygen atoms in total. The summed E-state index contributed by atoms with van der Waals surface area (Å²) in [6.45, 7) is 5.65. The van der Waals surface area contributed by atoms with Gasteiger partial charge in [0.1, 0.15) is 6.04 Å². The zero-order chi connectivity index (χ0) is 16.7. The van der Waals surface area contributed by atoms with Crippen molar-refractivity contribution in [3.05, 3.63) is 0 Å². The van der Waals surface area contributed by atoms with E-state index in [4.69, 9.17) is 9.47 Å². The molecule has 0 radical (unpaired) electrons. The Morgan fingerprint density at radius 3 is 2.74 bits per heavy atom. The molecule has 0 aromatic carbocycles. The van der Waals surface area contributed by atoms with Gasteiger partial charge in [-0.05, 0) is 6.42 Å². The predicted octanol–water partition coefficient (Wildman–Crippen LogP) is -1.01. The van der Waals surface area contributed by atoms with E-state index >= 15 is 0 Å². The summed E-state index contributed by atoms with van der Waals surface area (Å²) in [6.07, 6.45) is 0.712. The van der Waals surface area contributed by atoms with Crippen LogP contribution in [0.5, 0.6) is 0 Å². The van der Waals surface area contributed by atoms with Gasteiger partial charge in [-0.25, -0.2) is 0 Å². The van der Waals surface area contributed by atoms with Crippen molar-refractivity contribution in [1.82, 2.24) is 15.1 Å². The molecule has 2 fully saturated rings. The highest BCUT2D eigenvalue weighted by Gasteiger charge is 2.34. The molecule has 1 atom stereocenters. The van der Waals surface area contributed by atoms with Crippen LogP contribution in [0, 0.1) is 0 Å². The molecule has 0 saturated carbocycles. The van der Waals surface area contributed by atoms with Gasteiger partial charge >= 0.3 is 5.97 Å². The lowest BCUT2D eigenvalue weighted by molar-refractivity contribution is -0.150. The summed E-state index contributed by atoms with van der Waals surface area (Å²) < 4.78 is 10.3. The summed E-state index contributed by atoms with van der Waals surface area (Å²) in [5, 5.41) is 2.74. The average Bonchev–Trinajstić information content (AvgIpc) is 2.57. The maximum Gasteiger partial charge on any atom is 0.307 e. The first-order valence-electron chi connectivity index (χ1n) is 8.14. The Balaban J connectivity index is 1.92. The van der Waals surface area contributed by atoms with Crippen LogP contribution in [0.25, 0.3) is 0 Å². The summed E-state index contributed by atoms with van der Waals surface area (Å²) in [4.78, 5) is 39.7. The molecule has 130 valence electrons. The Morgan fingerprint density at radius 2 is 2.04 bits per heavy atom. The van der Waals surface area contributed by atoms with E-state index in [-0.39, 0.29) is 24.8 Å². The molecule has 0 aromatic rings. The molecular weight excluding hydrogens is 302 g/mol. The Kier molecular flexibility index (Phi) is 6.79. The lowest BCUT2D eigenvalue weighted by Gasteiger charge is -2.36. The minimum Gasteiger partial charge on any atom is -0.466 e. The van der Waals surface area contributed by atoms with Crippen molar-refractivity contribution in [3.63, 3.8) is 0 Å². The van der Waals surface area contributed by atoms with Crippen molar-refractivity contribution in [1.29, 1.82) is 0 Å². The van der Waals surface area contributed by atoms with E-state index in [9.17, 15) is 14.4 Å². The maximum absolute atomic E-state index is 12.4. The number of carbonyl (C=O) groups excluding carboxylic acids is 3. The minimum absolute atomic E-state index is 0.0256. The molecule has 2 heterocycles. The fourth-order valence-electron chi connectivity index (χ4n) is 2.69. The largest absolute Gasteiger partial charge is 0.466 e. The van der Waals surface area contributed by atoms with Crippen LogP contribution in [0.3, 0.4) is 0 Å². The van der Waals surface area contributed by atoms with E-state index in [0.29, 0.717) is 46.0 Å². The number of piperazine rings is 1. The number of esters is 1. The molecule has 23 heavy (non-hydrogen) atoms. The van der Waals surface area contributed by atoms with Crippen LogP contribution in [-0.2, 0) is 23.9 Å². The summed E-state index contributed by atoms with van der Waals surface area (Å²) in [6, 6.07) is -0.641. The Labute approximate surface area is 136 Å². The number of nitrogens with one attached hydrogen (secondary N) is 1. The van der Waals surface area contributed by atoms with Gasteiger partial charge in [0.15, 0.2) is 0 Å². The molecule has 0 spiro atoms. The van der Waals surface area contributed by atoms with Crippen molar-refractivity contribution < 1.29 is 23.9 Å². The second kappa shape index (κ2) is 8.83. The van der Waals surface area contributed by atoms with E-state index in [1.165, 1.54) is 0 Å². The van der Waals surface area contributed by atoms with Gasteiger partial charge in [0, 0.05) is 26.2 Å². The van der Waals surface area contributed by atoms with Crippen LogP contribution in [-0.4, -0.2) is 86.2 Å². The van der Waals surface area contributed by atoms with Gasteiger partial charge in [-0.1, -0.05) is 6.92 Å². The number of nitrogens with zero attached hydrogens (tertiary/aromatic N) is 2. The van der Waals surface area contributed by atoms with E-state index in [1.807, 2.05) is 6.92 Å². The average molecular weight is 327 g/mol. The Bertz CT molecular complexity index is 437. The third kappa shape index (κ3) is 5.18. The summed E-state index contributed by atoms with van der Waals surface area (Å²) in [5.41, 5.74) is 0. The predicted molar refractivity (Wildman–Crippen MR) is 81.6 cm³/mol. The van der Waals surface area contributed by atoms with Crippen molar-refractivity contribution in [2.75, 3.05) is 52.5 Å². The van der Waals surface area contributed by atoms with Crippen LogP contribution in [0.1, 0.15) is 19.8 Å². The van der Waals surface area contributed by atoms with Crippen molar-refractivity contribution in [3.8, 4) is 0 Å². The number of rotatable bonds is 6. The van der Waals surface area contributed by atoms with Gasteiger partial charge in [-0.2, -0.15) is 0 Å². The summed E-state index contributed by atoms with van der Waals surface area (Å²) in [7, 11) is 0. The maximum atomic E-state index is 12.4. The van der Waals surface area contributed by atoms with Crippen molar-refractivity contribution in [2.45, 2.75) is 25.8 Å². The summed E-state index contributed by atoms with van der Waals surface area (Å²) >= 11 is 0. The molecule has 2 aliphatic heterocycles. The zero-order valence-corrected chi connectivity index (χ0v) is 13.6. The number of hydrogen-bond donors (Lipinski definition) is 1. The van der Waals surface area contributed by atoms with Crippen LogP contribution in [0.4, 0.5) is 0 Å². The van der Waals surface area contributed by atoms with Gasteiger partial charge in [-0.3, -0.25) is 19.3 Å². The quantitative estimate of drug-likeness (QED) is 0.629. The smallest absolute Gasteiger partial charge is 0.307 e. The summed E-state index contributed by atoms with van der Waals surface area (Å²) in [5.74, 6) is -0.660. The topological polar surface area (TPSA) is 88.2 Å². The van der Waals surface area contributed by atoms with Crippen LogP contribution >= 0.6 is 0 Å². The Hall–Kier alpha value is -1.67. The van der Waals surface area contributed by atoms with E-state index in [0.717, 1.165) is 6.42 Å². The number of hydrogen-bond acceptors (Lipinski definition) is 6. The highest BCUT2D eigenvalue weighted by molar-refractivity contribution is 5.88. The van der Waals surface area contributed by atoms with Gasteiger partial charge in [0.2, 0.25) is 11.8 Å². The van der Waals surface area contributed by atoms with Gasteiger partial charge in [0.05, 0.1) is 32.8 Å². The molecule has 0 bridgehead atoms. The van der Waals surface area contributed by atoms with Gasteiger partial charge < -0.3 is 19.7 Å². The first-order chi connectivity index (χ1) is 11.1. The van der Waals surface area contributed by atoms with Gasteiger partial charge in [0.25, 0.3) is 0 Å². The molecule has 0 aromatic heterocycles. The molecule has 1 unspecified atom stereocenters. The zero-order valence-electron chi connectivity index (χ0n) is 13.6. The van der Waals surface area contributed by atoms with Crippen LogP contribution in [0.2, 0.25) is 0 Å². The standard InChI is InChI=1S/C15H25N3O5/c1-2-7-23-14(20)10-12-15(21)16-3-4-18(12)11-13(19)17-5-8-22-9-6-17/h12H,2-11H2,1H3,(H,16,21). The molecule has 8 heteroatoms. The lowest BCUT2D eigenvalue weighted by Crippen LogP contribution is -2.58. The third-order valence-electron chi connectivity index (χ3n) is 3.97. The van der Waals surface area contributed by atoms with Gasteiger partial charge in [-0.15, -0.1) is 0 Å². The second-order valence-corrected chi connectivity index (χ2v) is 5.70. The highest BCUT2D eigenvalue weighted by Crippen LogP contribution is 2.11. The third-order valence-corrected chi connectivity index (χ3v) is 3.97. The first kappa shape index (κ1) is 17.7. The Morgan fingerprint density at radius 1 is 1.30 bits per heavy atom. The monoisotopic (exact) mass is 327 g/mol. The van der Waals surface area contributed by atoms with Crippen LogP contribution in [0.15, 0.2) is 0 Å². The number of carbonyl (C=O) groups is 3. The molecule has 2 aliphatic rings. The minimum atomic E-state index is -0.641. The fraction of sp³-hybridized carbons (Fsp3) is 0.800. The van der Waals surface area contributed by atoms with E-state index < -0.39 is 12.0 Å². The highest BCUT2D eigenvalue weighted by atomic mass is 16.5. The van der Waals surface area contributed by atoms with Crippen LogP contribution < -0.4 is 5.32 Å². The lowest BCUT2D eigenvalue weighted by atomic mass is 10.1. The first-order valence-corrected chi connectivity index (χ1v) is 8.14. The van der Waals surface area contributed by atoms with Crippen molar-refractivity contribution >= 4 is 17.8 Å². The molecule has 0 aliphatic carbocycles.